The van der Waals surface area contributed by atoms with Crippen molar-refractivity contribution in [1.29, 1.82) is 0 Å². The van der Waals surface area contributed by atoms with Crippen molar-refractivity contribution >= 4 is 41.1 Å². The number of benzene rings is 2. The molecule has 4 rings (SSSR count). The van der Waals surface area contributed by atoms with Crippen LogP contribution in [0.25, 0.3) is 0 Å². The number of hydrazone groups is 1. The molecule has 2 aromatic carbocycles. The van der Waals surface area contributed by atoms with Gasteiger partial charge in [0.25, 0.3) is 5.91 Å². The molecule has 0 radical (unpaired) electrons. The standard InChI is InChI=1S/C32H40ClN5O6/c1-30(2,3)44-29(42)35-31(4,5)27(40)34-24(19-43-23-14-10-13-22(33)17-23)26(39)38-16-15-25-32(20-38,28(41)37(6)36-25)18-21-11-8-7-9-12-21/h7-14,17,24H,15-16,18-20H2,1-6H3,(H,34,40)(H,35,42)/t24?,32-/m1/s1. The number of rotatable bonds is 9. The second kappa shape index (κ2) is 12.9. The Kier molecular flexibility index (Phi) is 9.58. The first-order chi connectivity index (χ1) is 20.6. The van der Waals surface area contributed by atoms with Crippen LogP contribution in [0.15, 0.2) is 59.7 Å². The van der Waals surface area contributed by atoms with Crippen LogP contribution in [0.3, 0.4) is 0 Å². The van der Waals surface area contributed by atoms with Crippen molar-refractivity contribution in [1.82, 2.24) is 20.5 Å². The minimum absolute atomic E-state index is 0.0891. The normalized spacial score (nSPS) is 19.1. The van der Waals surface area contributed by atoms with Crippen molar-refractivity contribution < 1.29 is 28.7 Å². The topological polar surface area (TPSA) is 130 Å². The van der Waals surface area contributed by atoms with Gasteiger partial charge in [-0.05, 0) is 64.8 Å². The van der Waals surface area contributed by atoms with Gasteiger partial charge >= 0.3 is 6.09 Å². The summed E-state index contributed by atoms with van der Waals surface area (Å²) in [7, 11) is 1.62. The van der Waals surface area contributed by atoms with Gasteiger partial charge in [0.05, 0.1) is 5.71 Å². The fraction of sp³-hybridized carbons (Fsp3) is 0.469. The highest BCUT2D eigenvalue weighted by atomic mass is 35.5. The summed E-state index contributed by atoms with van der Waals surface area (Å²) in [4.78, 5) is 55.3. The van der Waals surface area contributed by atoms with E-state index in [9.17, 15) is 19.2 Å². The van der Waals surface area contributed by atoms with Crippen LogP contribution in [0, 0.1) is 5.41 Å². The van der Waals surface area contributed by atoms with Gasteiger partial charge in [0.15, 0.2) is 0 Å². The Morgan fingerprint density at radius 1 is 1.07 bits per heavy atom. The minimum atomic E-state index is -1.43. The number of carbonyl (C=O) groups is 4. The second-order valence-electron chi connectivity index (χ2n) is 12.7. The summed E-state index contributed by atoms with van der Waals surface area (Å²) in [6.45, 7) is 8.35. The lowest BCUT2D eigenvalue weighted by atomic mass is 9.73. The van der Waals surface area contributed by atoms with Gasteiger partial charge in [0, 0.05) is 31.6 Å². The van der Waals surface area contributed by atoms with Crippen molar-refractivity contribution in [2.45, 2.75) is 64.6 Å². The molecule has 236 valence electrons. The smallest absolute Gasteiger partial charge is 0.408 e. The maximum Gasteiger partial charge on any atom is 0.408 e. The summed E-state index contributed by atoms with van der Waals surface area (Å²) in [5.74, 6) is -0.821. The molecule has 2 aliphatic rings. The van der Waals surface area contributed by atoms with E-state index in [-0.39, 0.29) is 19.1 Å². The number of likely N-dealkylation sites (tertiary alicyclic amines) is 1. The monoisotopic (exact) mass is 625 g/mol. The molecule has 0 aliphatic carbocycles. The summed E-state index contributed by atoms with van der Waals surface area (Å²) < 4.78 is 11.2. The Morgan fingerprint density at radius 2 is 1.77 bits per heavy atom. The van der Waals surface area contributed by atoms with Gasteiger partial charge in [0.1, 0.15) is 35.0 Å². The van der Waals surface area contributed by atoms with Crippen molar-refractivity contribution in [3.05, 3.63) is 65.2 Å². The van der Waals surface area contributed by atoms with Gasteiger partial charge in [0.2, 0.25) is 11.8 Å². The highest BCUT2D eigenvalue weighted by Gasteiger charge is 2.54. The van der Waals surface area contributed by atoms with Crippen molar-refractivity contribution in [3.8, 4) is 5.75 Å². The van der Waals surface area contributed by atoms with E-state index in [1.807, 2.05) is 30.3 Å². The number of alkyl carbamates (subject to hydrolysis) is 1. The molecule has 2 atom stereocenters. The molecule has 0 bridgehead atoms. The summed E-state index contributed by atoms with van der Waals surface area (Å²) in [5.41, 5.74) is -1.54. The van der Waals surface area contributed by atoms with E-state index in [1.165, 1.54) is 18.9 Å². The molecule has 44 heavy (non-hydrogen) atoms. The molecule has 1 unspecified atom stereocenters. The number of nitrogens with one attached hydrogen (secondary N) is 2. The van der Waals surface area contributed by atoms with Gasteiger partial charge < -0.3 is 25.0 Å². The van der Waals surface area contributed by atoms with E-state index in [0.717, 1.165) is 11.3 Å². The Labute approximate surface area is 262 Å². The predicted molar refractivity (Wildman–Crippen MR) is 166 cm³/mol. The highest BCUT2D eigenvalue weighted by molar-refractivity contribution is 6.30. The van der Waals surface area contributed by atoms with Crippen LogP contribution < -0.4 is 15.4 Å². The number of hydrogen-bond acceptors (Lipinski definition) is 7. The van der Waals surface area contributed by atoms with Crippen molar-refractivity contribution in [2.24, 2.45) is 10.5 Å². The molecule has 11 nitrogen and oxygen atoms in total. The molecule has 0 spiro atoms. The molecule has 0 saturated carbocycles. The first kappa shape index (κ1) is 32.8. The van der Waals surface area contributed by atoms with Crippen LogP contribution in [0.5, 0.6) is 5.75 Å². The van der Waals surface area contributed by atoms with E-state index < -0.39 is 40.5 Å². The van der Waals surface area contributed by atoms with Gasteiger partial charge in [-0.1, -0.05) is 48.0 Å². The van der Waals surface area contributed by atoms with E-state index in [1.54, 1.807) is 57.0 Å². The van der Waals surface area contributed by atoms with Crippen molar-refractivity contribution in [3.63, 3.8) is 0 Å². The van der Waals surface area contributed by atoms with Crippen molar-refractivity contribution in [2.75, 3.05) is 26.7 Å². The lowest BCUT2D eigenvalue weighted by Gasteiger charge is -2.41. The van der Waals surface area contributed by atoms with E-state index in [4.69, 9.17) is 21.1 Å². The molecule has 1 fully saturated rings. The summed E-state index contributed by atoms with van der Waals surface area (Å²) in [5, 5.41) is 11.7. The molecule has 2 heterocycles. The average molecular weight is 626 g/mol. The number of amides is 4. The number of fused-ring (bicyclic) bond motifs is 1. The Balaban J connectivity index is 1.57. The van der Waals surface area contributed by atoms with Crippen LogP contribution >= 0.6 is 11.6 Å². The molecule has 4 amide bonds. The van der Waals surface area contributed by atoms with E-state index >= 15 is 0 Å². The molecule has 2 aliphatic heterocycles. The van der Waals surface area contributed by atoms with Gasteiger partial charge in [-0.15, -0.1) is 0 Å². The SMILES string of the molecule is CN1N=C2CCN(C(=O)C(COc3cccc(Cl)c3)NC(=O)C(C)(C)NC(=O)OC(C)(C)C)C[C@@]2(Cc2ccccc2)C1=O. The summed E-state index contributed by atoms with van der Waals surface area (Å²) in [6.07, 6.45) is 0.00356. The predicted octanol–water partition coefficient (Wildman–Crippen LogP) is 3.80. The van der Waals surface area contributed by atoms with Gasteiger partial charge in [-0.3, -0.25) is 14.4 Å². The zero-order valence-corrected chi connectivity index (χ0v) is 26.7. The first-order valence-electron chi connectivity index (χ1n) is 14.5. The van der Waals surface area contributed by atoms with E-state index in [2.05, 4.69) is 15.7 Å². The number of ether oxygens (including phenoxy) is 2. The molecule has 12 heteroatoms. The van der Waals surface area contributed by atoms with Crippen LogP contribution in [-0.4, -0.2) is 83.4 Å². The summed E-state index contributed by atoms with van der Waals surface area (Å²) in [6, 6.07) is 15.2. The van der Waals surface area contributed by atoms with Gasteiger partial charge in [-0.25, -0.2) is 9.80 Å². The second-order valence-corrected chi connectivity index (χ2v) is 13.1. The van der Waals surface area contributed by atoms with Crippen LogP contribution in [0.1, 0.15) is 46.6 Å². The van der Waals surface area contributed by atoms with Crippen LogP contribution in [0.4, 0.5) is 4.79 Å². The average Bonchev–Trinajstić information content (AvgIpc) is 3.18. The Hall–Kier alpha value is -4.12. The molecule has 0 aromatic heterocycles. The van der Waals surface area contributed by atoms with Crippen LogP contribution in [-0.2, 0) is 25.5 Å². The fourth-order valence-electron chi connectivity index (χ4n) is 5.30. The number of hydrogen-bond donors (Lipinski definition) is 2. The third-order valence-electron chi connectivity index (χ3n) is 7.46. The third kappa shape index (κ3) is 7.68. The van der Waals surface area contributed by atoms with Crippen LogP contribution in [0.2, 0.25) is 5.02 Å². The first-order valence-corrected chi connectivity index (χ1v) is 14.9. The minimum Gasteiger partial charge on any atom is -0.491 e. The zero-order chi connectivity index (χ0) is 32.3. The lowest BCUT2D eigenvalue weighted by Crippen LogP contribution is -2.63. The fourth-order valence-corrected chi connectivity index (χ4v) is 5.48. The zero-order valence-electron chi connectivity index (χ0n) is 26.0. The molecular weight excluding hydrogens is 586 g/mol. The molecule has 2 aromatic rings. The Bertz CT molecular complexity index is 1440. The quantitative estimate of drug-likeness (QED) is 0.436. The third-order valence-corrected chi connectivity index (χ3v) is 7.70. The maximum atomic E-state index is 14.2. The Morgan fingerprint density at radius 3 is 2.43 bits per heavy atom. The number of nitrogens with zero attached hydrogens (tertiary/aromatic N) is 3. The summed E-state index contributed by atoms with van der Waals surface area (Å²) >= 11 is 6.12. The maximum absolute atomic E-state index is 14.2. The highest BCUT2D eigenvalue weighted by Crippen LogP contribution is 2.38. The molecular formula is C32H40ClN5O6. The van der Waals surface area contributed by atoms with E-state index in [0.29, 0.717) is 30.2 Å². The molecule has 2 N–H and O–H groups in total. The number of carbonyl (C=O) groups excluding carboxylic acids is 4. The molecule has 1 saturated heterocycles. The largest absolute Gasteiger partial charge is 0.491 e. The number of halogens is 1. The van der Waals surface area contributed by atoms with Gasteiger partial charge in [-0.2, -0.15) is 5.10 Å². The lowest BCUT2D eigenvalue weighted by molar-refractivity contribution is -0.143. The number of piperidine rings is 1.